The maximum absolute atomic E-state index is 2.57. The Bertz CT molecular complexity index is 373. The summed E-state index contributed by atoms with van der Waals surface area (Å²) in [5.74, 6) is 0. The van der Waals surface area contributed by atoms with Crippen molar-refractivity contribution >= 4 is 6.08 Å². The second-order valence-electron chi connectivity index (χ2n) is 5.14. The Morgan fingerprint density at radius 2 is 1.72 bits per heavy atom. The lowest BCUT2D eigenvalue weighted by atomic mass is 10.1. The van der Waals surface area contributed by atoms with Crippen LogP contribution in [0.2, 0.25) is 0 Å². The van der Waals surface area contributed by atoms with E-state index in [2.05, 4.69) is 60.2 Å². The molecule has 1 aliphatic rings. The topological polar surface area (TPSA) is 6.48 Å². The average Bonchev–Trinajstić information content (AvgIpc) is 2.40. The van der Waals surface area contributed by atoms with E-state index in [9.17, 15) is 0 Å². The molecular weight excluding hydrogens is 220 g/mol. The van der Waals surface area contributed by atoms with Crippen LogP contribution >= 0.6 is 0 Å². The molecule has 2 heteroatoms. The van der Waals surface area contributed by atoms with E-state index in [4.69, 9.17) is 0 Å². The quantitative estimate of drug-likeness (QED) is 0.803. The lowest BCUT2D eigenvalue weighted by Gasteiger charge is -2.32. The number of hydrogen-bond donors (Lipinski definition) is 0. The zero-order valence-electron chi connectivity index (χ0n) is 11.6. The van der Waals surface area contributed by atoms with Gasteiger partial charge in [0.25, 0.3) is 0 Å². The Labute approximate surface area is 111 Å². The molecule has 1 aromatic rings. The minimum Gasteiger partial charge on any atom is -0.304 e. The summed E-state index contributed by atoms with van der Waals surface area (Å²) in [5.41, 5.74) is 2.74. The summed E-state index contributed by atoms with van der Waals surface area (Å²) in [5, 5.41) is 0. The van der Waals surface area contributed by atoms with Crippen molar-refractivity contribution in [1.29, 1.82) is 0 Å². The minimum absolute atomic E-state index is 1.17. The molecule has 0 bridgehead atoms. The molecule has 0 N–H and O–H groups in total. The molecule has 0 saturated carbocycles. The summed E-state index contributed by atoms with van der Waals surface area (Å²) < 4.78 is 0. The smallest absolute Gasteiger partial charge is 0.0110 e. The predicted octanol–water partition coefficient (Wildman–Crippen LogP) is 2.51. The summed E-state index contributed by atoms with van der Waals surface area (Å²) in [4.78, 5) is 4.97. The highest BCUT2D eigenvalue weighted by atomic mass is 15.2. The molecule has 0 amide bonds. The van der Waals surface area contributed by atoms with Crippen molar-refractivity contribution in [2.24, 2.45) is 0 Å². The summed E-state index contributed by atoms with van der Waals surface area (Å²) in [7, 11) is 2.21. The maximum atomic E-state index is 2.57. The predicted molar refractivity (Wildman–Crippen MR) is 78.8 cm³/mol. The van der Waals surface area contributed by atoms with Crippen molar-refractivity contribution in [2.45, 2.75) is 13.3 Å². The van der Waals surface area contributed by atoms with Crippen LogP contribution in [0.3, 0.4) is 0 Å². The zero-order valence-corrected chi connectivity index (χ0v) is 11.6. The first kappa shape index (κ1) is 13.3. The number of piperazine rings is 1. The van der Waals surface area contributed by atoms with E-state index >= 15 is 0 Å². The molecule has 1 heterocycles. The summed E-state index contributed by atoms with van der Waals surface area (Å²) in [6, 6.07) is 8.93. The van der Waals surface area contributed by atoms with Gasteiger partial charge >= 0.3 is 0 Å². The minimum atomic E-state index is 1.17. The third-order valence-corrected chi connectivity index (χ3v) is 3.65. The van der Waals surface area contributed by atoms with E-state index in [0.717, 1.165) is 0 Å². The summed E-state index contributed by atoms with van der Waals surface area (Å²) >= 11 is 0. The van der Waals surface area contributed by atoms with E-state index in [1.165, 1.54) is 50.3 Å². The molecule has 0 spiro atoms. The molecule has 98 valence electrons. The van der Waals surface area contributed by atoms with Gasteiger partial charge in [-0.2, -0.15) is 0 Å². The molecule has 0 atom stereocenters. The van der Waals surface area contributed by atoms with E-state index in [1.807, 2.05) is 0 Å². The first-order valence-electron chi connectivity index (χ1n) is 6.90. The van der Waals surface area contributed by atoms with Crippen LogP contribution in [0.1, 0.15) is 18.1 Å². The van der Waals surface area contributed by atoms with Gasteiger partial charge in [-0.15, -0.1) is 0 Å². The van der Waals surface area contributed by atoms with Crippen LogP contribution in [0.4, 0.5) is 0 Å². The van der Waals surface area contributed by atoms with Crippen LogP contribution < -0.4 is 0 Å². The van der Waals surface area contributed by atoms with Crippen LogP contribution in [0.25, 0.3) is 6.08 Å². The molecule has 1 fully saturated rings. The Hall–Kier alpha value is -1.12. The van der Waals surface area contributed by atoms with Crippen LogP contribution in [0.5, 0.6) is 0 Å². The third-order valence-electron chi connectivity index (χ3n) is 3.65. The van der Waals surface area contributed by atoms with Crippen LogP contribution in [0.15, 0.2) is 30.3 Å². The Morgan fingerprint density at radius 1 is 1.06 bits per heavy atom. The normalized spacial score (nSPS) is 18.6. The van der Waals surface area contributed by atoms with Crippen molar-refractivity contribution in [3.05, 3.63) is 41.5 Å². The molecule has 1 saturated heterocycles. The third kappa shape index (κ3) is 3.97. The van der Waals surface area contributed by atoms with E-state index in [0.29, 0.717) is 0 Å². The Balaban J connectivity index is 1.79. The van der Waals surface area contributed by atoms with Crippen molar-refractivity contribution in [3.8, 4) is 0 Å². The van der Waals surface area contributed by atoms with E-state index < -0.39 is 0 Å². The molecule has 2 nitrogen and oxygen atoms in total. The number of allylic oxidation sites excluding steroid dienone is 1. The number of nitrogens with zero attached hydrogens (tertiary/aromatic N) is 2. The largest absolute Gasteiger partial charge is 0.304 e. The molecule has 1 aromatic carbocycles. The highest BCUT2D eigenvalue weighted by Crippen LogP contribution is 2.08. The summed E-state index contributed by atoms with van der Waals surface area (Å²) in [6.07, 6.45) is 5.39. The molecule has 0 aliphatic carbocycles. The zero-order chi connectivity index (χ0) is 12.8. The lowest BCUT2D eigenvalue weighted by Crippen LogP contribution is -2.45. The van der Waals surface area contributed by atoms with Gasteiger partial charge in [0.1, 0.15) is 0 Å². The highest BCUT2D eigenvalue weighted by molar-refractivity contribution is 5.49. The fourth-order valence-electron chi connectivity index (χ4n) is 2.35. The fraction of sp³-hybridized carbons (Fsp3) is 0.500. The van der Waals surface area contributed by atoms with E-state index in [-0.39, 0.29) is 0 Å². The first-order valence-corrected chi connectivity index (χ1v) is 6.90. The van der Waals surface area contributed by atoms with Gasteiger partial charge in [-0.05, 0) is 31.5 Å². The van der Waals surface area contributed by atoms with Crippen LogP contribution in [-0.4, -0.2) is 49.6 Å². The van der Waals surface area contributed by atoms with Crippen LogP contribution in [0, 0.1) is 0 Å². The number of benzene rings is 1. The number of rotatable bonds is 4. The van der Waals surface area contributed by atoms with Gasteiger partial charge in [0.05, 0.1) is 0 Å². The van der Waals surface area contributed by atoms with Gasteiger partial charge in [-0.25, -0.2) is 0 Å². The molecule has 18 heavy (non-hydrogen) atoms. The Kier molecular flexibility index (Phi) is 4.97. The average molecular weight is 244 g/mol. The van der Waals surface area contributed by atoms with Crippen molar-refractivity contribution < 1.29 is 0 Å². The standard InChI is InChI=1S/C16H24N2/c1-3-4-15-5-7-16(8-6-15)9-10-18-13-11-17(2)12-14-18/h3-8H,9-14H2,1-2H3. The maximum Gasteiger partial charge on any atom is 0.0110 e. The second kappa shape index (κ2) is 6.72. The van der Waals surface area contributed by atoms with Gasteiger partial charge in [-0.1, -0.05) is 36.4 Å². The molecule has 1 aliphatic heterocycles. The monoisotopic (exact) mass is 244 g/mol. The molecule has 0 radical (unpaired) electrons. The SMILES string of the molecule is CC=Cc1ccc(CCN2CCN(C)CC2)cc1. The summed E-state index contributed by atoms with van der Waals surface area (Å²) in [6.45, 7) is 8.10. The van der Waals surface area contributed by atoms with Gasteiger partial charge in [-0.3, -0.25) is 0 Å². The van der Waals surface area contributed by atoms with Crippen molar-refractivity contribution in [3.63, 3.8) is 0 Å². The van der Waals surface area contributed by atoms with Gasteiger partial charge < -0.3 is 9.80 Å². The van der Waals surface area contributed by atoms with Gasteiger partial charge in [0.2, 0.25) is 0 Å². The molecule has 0 unspecified atom stereocenters. The number of likely N-dealkylation sites (N-methyl/N-ethyl adjacent to an activating group) is 1. The number of hydrogen-bond acceptors (Lipinski definition) is 2. The fourth-order valence-corrected chi connectivity index (χ4v) is 2.35. The van der Waals surface area contributed by atoms with Crippen molar-refractivity contribution in [2.75, 3.05) is 39.8 Å². The molecular formula is C16H24N2. The first-order chi connectivity index (χ1) is 8.78. The van der Waals surface area contributed by atoms with Crippen molar-refractivity contribution in [1.82, 2.24) is 9.80 Å². The second-order valence-corrected chi connectivity index (χ2v) is 5.14. The molecule has 2 rings (SSSR count). The highest BCUT2D eigenvalue weighted by Gasteiger charge is 2.12. The lowest BCUT2D eigenvalue weighted by molar-refractivity contribution is 0.155. The molecule has 0 aromatic heterocycles. The van der Waals surface area contributed by atoms with E-state index in [1.54, 1.807) is 0 Å². The van der Waals surface area contributed by atoms with Crippen LogP contribution in [-0.2, 0) is 6.42 Å². The Morgan fingerprint density at radius 3 is 2.33 bits per heavy atom. The van der Waals surface area contributed by atoms with Gasteiger partial charge in [0.15, 0.2) is 0 Å². The van der Waals surface area contributed by atoms with Gasteiger partial charge in [0, 0.05) is 32.7 Å².